The number of nitrogens with one attached hydrogen (secondary N) is 1. The molecule has 1 aliphatic rings. The van der Waals surface area contributed by atoms with Gasteiger partial charge in [-0.25, -0.2) is 0 Å². The normalized spacial score (nSPS) is 13.9. The van der Waals surface area contributed by atoms with Gasteiger partial charge in [0.1, 0.15) is 0 Å². The minimum atomic E-state index is -0.126. The van der Waals surface area contributed by atoms with Crippen molar-refractivity contribution in [3.63, 3.8) is 0 Å². The summed E-state index contributed by atoms with van der Waals surface area (Å²) in [5, 5.41) is 4.07. The monoisotopic (exact) mass is 396 g/mol. The number of hydrogen-bond donors (Lipinski definition) is 1. The van der Waals surface area contributed by atoms with Crippen molar-refractivity contribution in [2.75, 3.05) is 19.6 Å². The lowest BCUT2D eigenvalue weighted by Crippen LogP contribution is -2.41. The van der Waals surface area contributed by atoms with Gasteiger partial charge in [-0.15, -0.1) is 0 Å². The second kappa shape index (κ2) is 10.6. The third-order valence-electron chi connectivity index (χ3n) is 4.60. The number of nitrogens with zero attached hydrogens (tertiary/aromatic N) is 1. The van der Waals surface area contributed by atoms with Crippen molar-refractivity contribution in [1.29, 1.82) is 0 Å². The summed E-state index contributed by atoms with van der Waals surface area (Å²) in [4.78, 5) is 25.5. The van der Waals surface area contributed by atoms with Crippen LogP contribution in [0.25, 0.3) is 0 Å². The summed E-state index contributed by atoms with van der Waals surface area (Å²) in [6.45, 7) is 2.61. The molecule has 0 spiro atoms. The minimum absolute atomic E-state index is 0.0690. The summed E-state index contributed by atoms with van der Waals surface area (Å²) in [5.74, 6) is -0.251. The Morgan fingerprint density at radius 3 is 2.65 bits per heavy atom. The first-order valence-corrected chi connectivity index (χ1v) is 9.85. The fraction of sp³-hybridized carbons (Fsp3) is 0.500. The molecule has 1 N–H and O–H groups in total. The van der Waals surface area contributed by atoms with Gasteiger partial charge in [0.2, 0.25) is 11.8 Å². The molecule has 0 unspecified atom stereocenters. The Kier molecular flexibility index (Phi) is 8.46. The highest BCUT2D eigenvalue weighted by Gasteiger charge is 2.14. The van der Waals surface area contributed by atoms with Gasteiger partial charge >= 0.3 is 0 Å². The predicted molar refractivity (Wildman–Crippen MR) is 107 cm³/mol. The highest BCUT2D eigenvalue weighted by atomic mass is 35.5. The van der Waals surface area contributed by atoms with E-state index >= 15 is 0 Å². The van der Waals surface area contributed by atoms with Crippen LogP contribution in [0, 0.1) is 0 Å². The van der Waals surface area contributed by atoms with Crippen molar-refractivity contribution >= 4 is 35.0 Å². The molecular formula is C20H26Cl2N2O2. The maximum atomic E-state index is 12.2. The van der Waals surface area contributed by atoms with Crippen LogP contribution < -0.4 is 5.32 Å². The summed E-state index contributed by atoms with van der Waals surface area (Å²) in [7, 11) is 0. The van der Waals surface area contributed by atoms with Crippen LogP contribution in [-0.2, 0) is 16.0 Å². The molecule has 0 saturated heterocycles. The van der Waals surface area contributed by atoms with Crippen molar-refractivity contribution in [2.24, 2.45) is 0 Å². The van der Waals surface area contributed by atoms with Gasteiger partial charge in [-0.3, -0.25) is 9.59 Å². The quantitative estimate of drug-likeness (QED) is 0.662. The van der Waals surface area contributed by atoms with E-state index in [1.807, 2.05) is 6.07 Å². The van der Waals surface area contributed by atoms with Crippen LogP contribution in [0.3, 0.4) is 0 Å². The summed E-state index contributed by atoms with van der Waals surface area (Å²) in [5.41, 5.74) is 2.34. The van der Waals surface area contributed by atoms with Gasteiger partial charge < -0.3 is 10.2 Å². The minimum Gasteiger partial charge on any atom is -0.354 e. The first-order valence-electron chi connectivity index (χ1n) is 9.09. The van der Waals surface area contributed by atoms with Crippen molar-refractivity contribution in [1.82, 2.24) is 10.2 Å². The number of carbonyl (C=O) groups is 2. The number of amides is 2. The summed E-state index contributed by atoms with van der Waals surface area (Å²) in [6.07, 6.45) is 8.55. The maximum Gasteiger partial charge on any atom is 0.239 e. The first kappa shape index (κ1) is 20.8. The van der Waals surface area contributed by atoms with Crippen LogP contribution in [0.2, 0.25) is 10.0 Å². The zero-order valence-corrected chi connectivity index (χ0v) is 16.7. The van der Waals surface area contributed by atoms with Gasteiger partial charge in [0.25, 0.3) is 0 Å². The van der Waals surface area contributed by atoms with Crippen LogP contribution in [-0.4, -0.2) is 36.3 Å². The molecule has 6 heteroatoms. The van der Waals surface area contributed by atoms with Crippen LogP contribution in [0.15, 0.2) is 29.8 Å². The topological polar surface area (TPSA) is 49.4 Å². The highest BCUT2D eigenvalue weighted by molar-refractivity contribution is 6.35. The van der Waals surface area contributed by atoms with Crippen LogP contribution in [0.1, 0.15) is 44.6 Å². The molecule has 4 nitrogen and oxygen atoms in total. The van der Waals surface area contributed by atoms with Crippen molar-refractivity contribution in [3.8, 4) is 0 Å². The Morgan fingerprint density at radius 2 is 2.00 bits per heavy atom. The molecule has 0 fully saturated rings. The molecule has 1 aromatic carbocycles. The van der Waals surface area contributed by atoms with E-state index in [4.69, 9.17) is 23.2 Å². The van der Waals surface area contributed by atoms with E-state index < -0.39 is 0 Å². The third-order valence-corrected chi connectivity index (χ3v) is 5.19. The predicted octanol–water partition coefficient (Wildman–Crippen LogP) is 4.39. The molecule has 0 bridgehead atoms. The Balaban J connectivity index is 1.78. The van der Waals surface area contributed by atoms with E-state index in [0.717, 1.165) is 24.8 Å². The number of carbonyl (C=O) groups excluding carboxylic acids is 2. The van der Waals surface area contributed by atoms with Crippen molar-refractivity contribution in [3.05, 3.63) is 45.5 Å². The first-order chi connectivity index (χ1) is 12.5. The number of hydrogen-bond acceptors (Lipinski definition) is 2. The molecule has 0 aromatic heterocycles. The van der Waals surface area contributed by atoms with E-state index in [1.54, 1.807) is 17.0 Å². The lowest BCUT2D eigenvalue weighted by atomic mass is 9.97. The summed E-state index contributed by atoms with van der Waals surface area (Å²) in [6, 6.07) is 5.30. The molecule has 2 rings (SSSR count). The fourth-order valence-corrected chi connectivity index (χ4v) is 3.55. The molecule has 0 aliphatic heterocycles. The SMILES string of the molecule is CC(=O)N(CCc1ccc(Cl)cc1Cl)CC(=O)NCCC1=CCCCC1. The molecule has 0 saturated carbocycles. The van der Waals surface area contributed by atoms with Crippen molar-refractivity contribution in [2.45, 2.75) is 45.4 Å². The second-order valence-corrected chi connectivity index (χ2v) is 7.48. The van der Waals surface area contributed by atoms with Gasteiger partial charge in [0.05, 0.1) is 6.54 Å². The van der Waals surface area contributed by atoms with E-state index in [9.17, 15) is 9.59 Å². The number of benzene rings is 1. The Bertz CT molecular complexity index is 674. The molecule has 0 radical (unpaired) electrons. The van der Waals surface area contributed by atoms with Crippen LogP contribution in [0.5, 0.6) is 0 Å². The van der Waals surface area contributed by atoms with Crippen LogP contribution in [0.4, 0.5) is 0 Å². The Morgan fingerprint density at radius 1 is 1.19 bits per heavy atom. The summed E-state index contributed by atoms with van der Waals surface area (Å²) >= 11 is 12.1. The van der Waals surface area contributed by atoms with E-state index in [-0.39, 0.29) is 18.4 Å². The maximum absolute atomic E-state index is 12.2. The molecule has 142 valence electrons. The van der Waals surface area contributed by atoms with Gasteiger partial charge in [-0.2, -0.15) is 0 Å². The molecule has 0 heterocycles. The third kappa shape index (κ3) is 7.00. The van der Waals surface area contributed by atoms with Gasteiger partial charge in [-0.1, -0.05) is 40.9 Å². The molecular weight excluding hydrogens is 371 g/mol. The largest absolute Gasteiger partial charge is 0.354 e. The zero-order valence-electron chi connectivity index (χ0n) is 15.2. The van der Waals surface area contributed by atoms with Gasteiger partial charge in [0, 0.05) is 30.1 Å². The Labute approximate surface area is 165 Å². The average Bonchev–Trinajstić information content (AvgIpc) is 2.60. The Hall–Kier alpha value is -1.52. The lowest BCUT2D eigenvalue weighted by Gasteiger charge is -2.21. The molecule has 1 aromatic rings. The molecule has 2 amide bonds. The second-order valence-electron chi connectivity index (χ2n) is 6.63. The smallest absolute Gasteiger partial charge is 0.239 e. The van der Waals surface area contributed by atoms with E-state index in [2.05, 4.69) is 11.4 Å². The van der Waals surface area contributed by atoms with E-state index in [1.165, 1.54) is 25.3 Å². The van der Waals surface area contributed by atoms with Gasteiger partial charge in [0.15, 0.2) is 0 Å². The van der Waals surface area contributed by atoms with E-state index in [0.29, 0.717) is 29.6 Å². The molecule has 26 heavy (non-hydrogen) atoms. The fourth-order valence-electron chi connectivity index (χ4n) is 3.05. The summed E-state index contributed by atoms with van der Waals surface area (Å²) < 4.78 is 0. The molecule has 1 aliphatic carbocycles. The van der Waals surface area contributed by atoms with Crippen molar-refractivity contribution < 1.29 is 9.59 Å². The average molecular weight is 397 g/mol. The van der Waals surface area contributed by atoms with Gasteiger partial charge in [-0.05, 0) is 56.2 Å². The number of halogens is 2. The zero-order chi connectivity index (χ0) is 18.9. The lowest BCUT2D eigenvalue weighted by molar-refractivity contribution is -0.134. The number of rotatable bonds is 8. The van der Waals surface area contributed by atoms with Crippen LogP contribution >= 0.6 is 23.2 Å². The standard InChI is InChI=1S/C20H26Cl2N2O2/c1-15(25)24(12-10-17-7-8-18(21)13-19(17)22)14-20(26)23-11-9-16-5-3-2-4-6-16/h5,7-8,13H,2-4,6,9-12,14H2,1H3,(H,23,26). The highest BCUT2D eigenvalue weighted by Crippen LogP contribution is 2.21. The number of allylic oxidation sites excluding steroid dienone is 1. The molecule has 0 atom stereocenters.